The first-order valence-electron chi connectivity index (χ1n) is 1.79. The maximum Gasteiger partial charge on any atom is -0.0236 e. The molecular formula is C5H10S. The summed E-state index contributed by atoms with van der Waals surface area (Å²) in [7, 11) is 0.441. The Hall–Kier alpha value is -0.0400. The molecule has 0 amide bonds. The molecule has 0 spiro atoms. The Bertz CT molecular complexity index is 68.0. The van der Waals surface area contributed by atoms with Gasteiger partial charge in [0, 0.05) is 0 Å². The van der Waals surface area contributed by atoms with E-state index < -0.39 is 0 Å². The molecule has 0 rings (SSSR count). The van der Waals surface area contributed by atoms with Crippen molar-refractivity contribution in [2.75, 3.05) is 12.5 Å². The molecule has 0 aromatic rings. The van der Waals surface area contributed by atoms with Crippen molar-refractivity contribution in [3.8, 4) is 0 Å². The van der Waals surface area contributed by atoms with E-state index in [1.807, 2.05) is 6.08 Å². The van der Waals surface area contributed by atoms with Gasteiger partial charge in [-0.3, -0.25) is 0 Å². The van der Waals surface area contributed by atoms with Crippen LogP contribution in [-0.4, -0.2) is 17.9 Å². The summed E-state index contributed by atoms with van der Waals surface area (Å²) in [5.41, 5.74) is 0. The molecule has 0 radical (unpaired) electrons. The van der Waals surface area contributed by atoms with E-state index >= 15 is 0 Å². The van der Waals surface area contributed by atoms with Crippen molar-refractivity contribution in [3.63, 3.8) is 0 Å². The Balaban J connectivity index is 3.41. The smallest absolute Gasteiger partial charge is 0.0236 e. The molecule has 0 aliphatic heterocycles. The first-order chi connectivity index (χ1) is 2.77. The van der Waals surface area contributed by atoms with Crippen molar-refractivity contribution in [1.82, 2.24) is 0 Å². The van der Waals surface area contributed by atoms with Gasteiger partial charge in [-0.2, -0.15) is 10.5 Å². The molecule has 0 saturated heterocycles. The normalized spacial score (nSPS) is 8.50. The monoisotopic (exact) mass is 102 g/mol. The molecule has 1 heteroatoms. The average molecular weight is 102 g/mol. The highest BCUT2D eigenvalue weighted by Gasteiger charge is 1.60. The lowest BCUT2D eigenvalue weighted by Gasteiger charge is -1.79. The summed E-state index contributed by atoms with van der Waals surface area (Å²) < 4.78 is 0. The van der Waals surface area contributed by atoms with Crippen LogP contribution in [0.3, 0.4) is 0 Å². The zero-order valence-electron chi connectivity index (χ0n) is 4.27. The highest BCUT2D eigenvalue weighted by atomic mass is 32.2. The second-order valence-electron chi connectivity index (χ2n) is 1.25. The standard InChI is InChI=1S/C5H10S/c1-4-5-6(2)3/h4-5H,1H2,2-3H3. The van der Waals surface area contributed by atoms with Crippen LogP contribution in [0.25, 0.3) is 0 Å². The quantitative estimate of drug-likeness (QED) is 0.348. The first kappa shape index (κ1) is 5.96. The molecule has 0 atom stereocenters. The predicted octanol–water partition coefficient (Wildman–Crippen LogP) is 1.50. The van der Waals surface area contributed by atoms with Gasteiger partial charge in [0.05, 0.1) is 0 Å². The van der Waals surface area contributed by atoms with Crippen LogP contribution in [0.15, 0.2) is 12.7 Å². The van der Waals surface area contributed by atoms with Crippen molar-refractivity contribution in [3.05, 3.63) is 12.7 Å². The fraction of sp³-hybridized carbons (Fsp3) is 0.400. The molecule has 0 aliphatic carbocycles. The fourth-order valence-corrected chi connectivity index (χ4v) is 0.577. The van der Waals surface area contributed by atoms with Crippen LogP contribution in [-0.2, 0) is 0 Å². The summed E-state index contributed by atoms with van der Waals surface area (Å²) in [6.07, 6.45) is 6.15. The summed E-state index contributed by atoms with van der Waals surface area (Å²) >= 11 is 0. The molecule has 0 bridgehead atoms. The average Bonchev–Trinajstić information content (AvgIpc) is 1.35. The topological polar surface area (TPSA) is 0 Å². The Kier molecular flexibility index (Phi) is 3.14. The van der Waals surface area contributed by atoms with Gasteiger partial charge in [-0.1, -0.05) is 12.7 Å². The fourth-order valence-electron chi connectivity index (χ4n) is 0.192. The van der Waals surface area contributed by atoms with Crippen molar-refractivity contribution < 1.29 is 0 Å². The molecule has 6 heavy (non-hydrogen) atoms. The lowest BCUT2D eigenvalue weighted by Crippen LogP contribution is -1.59. The van der Waals surface area contributed by atoms with Gasteiger partial charge in [0.2, 0.25) is 0 Å². The van der Waals surface area contributed by atoms with E-state index in [1.54, 1.807) is 0 Å². The zero-order chi connectivity index (χ0) is 4.99. The lowest BCUT2D eigenvalue weighted by atomic mass is 10.8. The van der Waals surface area contributed by atoms with Crippen LogP contribution in [0.1, 0.15) is 0 Å². The first-order valence-corrected chi connectivity index (χ1v) is 3.90. The highest BCUT2D eigenvalue weighted by molar-refractivity contribution is 8.14. The molecule has 0 unspecified atom stereocenters. The van der Waals surface area contributed by atoms with Crippen molar-refractivity contribution in [2.45, 2.75) is 0 Å². The van der Waals surface area contributed by atoms with E-state index in [1.165, 1.54) is 0 Å². The Morgan fingerprint density at radius 1 is 1.50 bits per heavy atom. The summed E-state index contributed by atoms with van der Waals surface area (Å²) in [6.45, 7) is 3.55. The summed E-state index contributed by atoms with van der Waals surface area (Å²) in [5.74, 6) is 0. The predicted molar refractivity (Wildman–Crippen MR) is 35.7 cm³/mol. The SMILES string of the molecule is C=CC=S(C)C. The lowest BCUT2D eigenvalue weighted by molar-refractivity contribution is 2.34. The van der Waals surface area contributed by atoms with E-state index in [9.17, 15) is 0 Å². The van der Waals surface area contributed by atoms with Gasteiger partial charge in [-0.15, -0.1) is 0 Å². The molecular weight excluding hydrogens is 92.1 g/mol. The van der Waals surface area contributed by atoms with Crippen LogP contribution in [0, 0.1) is 0 Å². The van der Waals surface area contributed by atoms with E-state index in [4.69, 9.17) is 0 Å². The van der Waals surface area contributed by atoms with Crippen LogP contribution in [0.5, 0.6) is 0 Å². The van der Waals surface area contributed by atoms with Crippen molar-refractivity contribution >= 4 is 15.9 Å². The molecule has 0 aliphatic rings. The van der Waals surface area contributed by atoms with Crippen LogP contribution >= 0.6 is 10.5 Å². The minimum atomic E-state index is 0.441. The molecule has 0 fully saturated rings. The van der Waals surface area contributed by atoms with Crippen LogP contribution < -0.4 is 0 Å². The van der Waals surface area contributed by atoms with E-state index in [-0.39, 0.29) is 0 Å². The molecule has 0 heterocycles. The largest absolute Gasteiger partial charge is 0.192 e. The molecule has 0 aromatic heterocycles. The van der Waals surface area contributed by atoms with Gasteiger partial charge in [0.15, 0.2) is 0 Å². The van der Waals surface area contributed by atoms with Gasteiger partial charge in [0.25, 0.3) is 0 Å². The van der Waals surface area contributed by atoms with Crippen LogP contribution in [0.4, 0.5) is 0 Å². The maximum absolute atomic E-state index is 3.55. The van der Waals surface area contributed by atoms with E-state index in [0.29, 0.717) is 10.5 Å². The van der Waals surface area contributed by atoms with E-state index in [0.717, 1.165) is 0 Å². The third-order valence-corrected chi connectivity index (χ3v) is 1.11. The van der Waals surface area contributed by atoms with Gasteiger partial charge in [-0.25, -0.2) is 0 Å². The molecule has 36 valence electrons. The maximum atomic E-state index is 3.55. The molecule has 0 N–H and O–H groups in total. The highest BCUT2D eigenvalue weighted by Crippen LogP contribution is 1.92. The Morgan fingerprint density at radius 2 is 2.00 bits per heavy atom. The second kappa shape index (κ2) is 3.16. The van der Waals surface area contributed by atoms with Gasteiger partial charge in [-0.05, 0) is 17.9 Å². The summed E-state index contributed by atoms with van der Waals surface area (Å²) in [6, 6.07) is 0. The van der Waals surface area contributed by atoms with E-state index in [2.05, 4.69) is 24.5 Å². The zero-order valence-corrected chi connectivity index (χ0v) is 5.09. The summed E-state index contributed by atoms with van der Waals surface area (Å²) in [5, 5.41) is 2.08. The second-order valence-corrected chi connectivity index (χ2v) is 3.28. The van der Waals surface area contributed by atoms with Crippen LogP contribution in [0.2, 0.25) is 0 Å². The molecule has 0 saturated carbocycles. The van der Waals surface area contributed by atoms with Crippen molar-refractivity contribution in [1.29, 1.82) is 0 Å². The summed E-state index contributed by atoms with van der Waals surface area (Å²) in [4.78, 5) is 0. The van der Waals surface area contributed by atoms with Gasteiger partial charge in [0.1, 0.15) is 0 Å². The molecule has 0 nitrogen and oxygen atoms in total. The van der Waals surface area contributed by atoms with Crippen molar-refractivity contribution in [2.24, 2.45) is 0 Å². The Labute approximate surface area is 41.8 Å². The number of hydrogen-bond donors (Lipinski definition) is 0. The van der Waals surface area contributed by atoms with Gasteiger partial charge >= 0.3 is 0 Å². The van der Waals surface area contributed by atoms with Gasteiger partial charge < -0.3 is 0 Å². The Morgan fingerprint density at radius 3 is 2.00 bits per heavy atom. The number of hydrogen-bond acceptors (Lipinski definition) is 0. The third kappa shape index (κ3) is 3.96. The number of allylic oxidation sites excluding steroid dienone is 1. The minimum absolute atomic E-state index is 0.441. The third-order valence-electron chi connectivity index (χ3n) is 0.368. The molecule has 0 aromatic carbocycles. The minimum Gasteiger partial charge on any atom is -0.192 e. The number of rotatable bonds is 1.